The lowest BCUT2D eigenvalue weighted by Gasteiger charge is -2.22. The van der Waals surface area contributed by atoms with Crippen LogP contribution in [0.2, 0.25) is 5.02 Å². The minimum absolute atomic E-state index is 0.0489. The number of hydrogen-bond acceptors (Lipinski definition) is 1. The Hall–Kier alpha value is -1.60. The van der Waals surface area contributed by atoms with Crippen molar-refractivity contribution in [3.05, 3.63) is 70.2 Å². The summed E-state index contributed by atoms with van der Waals surface area (Å²) in [5, 5.41) is 0.647. The molecule has 20 heavy (non-hydrogen) atoms. The molecule has 0 spiro atoms. The molecule has 2 aromatic rings. The molecule has 0 saturated carbocycles. The van der Waals surface area contributed by atoms with Crippen molar-refractivity contribution in [2.45, 2.75) is 32.6 Å². The summed E-state index contributed by atoms with van der Waals surface area (Å²) >= 11 is 6.13. The number of carbonyl (C=O) groups excluding carboxylic acids is 1. The van der Waals surface area contributed by atoms with E-state index in [4.69, 9.17) is 11.6 Å². The van der Waals surface area contributed by atoms with Crippen LogP contribution in [-0.4, -0.2) is 5.78 Å². The van der Waals surface area contributed by atoms with Gasteiger partial charge in [-0.05, 0) is 22.6 Å². The Kier molecular flexibility index (Phi) is 4.29. The van der Waals surface area contributed by atoms with Crippen molar-refractivity contribution < 1.29 is 4.79 Å². The summed E-state index contributed by atoms with van der Waals surface area (Å²) in [6.45, 7) is 6.36. The van der Waals surface area contributed by atoms with Crippen LogP contribution in [0.5, 0.6) is 0 Å². The van der Waals surface area contributed by atoms with Crippen LogP contribution < -0.4 is 0 Å². The third-order valence-electron chi connectivity index (χ3n) is 3.34. The maximum absolute atomic E-state index is 12.6. The van der Waals surface area contributed by atoms with Crippen LogP contribution in [0.15, 0.2) is 48.5 Å². The first-order valence-electron chi connectivity index (χ1n) is 6.75. The smallest absolute Gasteiger partial charge is 0.167 e. The first kappa shape index (κ1) is 14.8. The van der Waals surface area contributed by atoms with Gasteiger partial charge in [0.2, 0.25) is 0 Å². The van der Waals surface area contributed by atoms with Crippen LogP contribution in [0.4, 0.5) is 0 Å². The second-order valence-corrected chi connectivity index (χ2v) is 6.39. The fourth-order valence-corrected chi connectivity index (χ4v) is 2.49. The van der Waals surface area contributed by atoms with Crippen LogP contribution in [-0.2, 0) is 11.8 Å². The van der Waals surface area contributed by atoms with E-state index in [1.54, 1.807) is 0 Å². The lowest BCUT2D eigenvalue weighted by Crippen LogP contribution is -2.17. The van der Waals surface area contributed by atoms with Crippen molar-refractivity contribution in [1.29, 1.82) is 0 Å². The highest BCUT2D eigenvalue weighted by atomic mass is 35.5. The Balaban J connectivity index is 2.34. The Morgan fingerprint density at radius 2 is 1.60 bits per heavy atom. The number of halogens is 1. The van der Waals surface area contributed by atoms with E-state index < -0.39 is 0 Å². The van der Waals surface area contributed by atoms with Gasteiger partial charge in [-0.15, -0.1) is 0 Å². The maximum atomic E-state index is 12.6. The molecule has 2 heteroatoms. The second kappa shape index (κ2) is 5.80. The van der Waals surface area contributed by atoms with Gasteiger partial charge in [-0.25, -0.2) is 0 Å². The molecule has 2 aromatic carbocycles. The molecule has 0 aliphatic carbocycles. The number of benzene rings is 2. The Morgan fingerprint density at radius 3 is 2.25 bits per heavy atom. The summed E-state index contributed by atoms with van der Waals surface area (Å²) in [6.07, 6.45) is 0.340. The Labute approximate surface area is 125 Å². The predicted octanol–water partition coefficient (Wildman–Crippen LogP) is 5.06. The van der Waals surface area contributed by atoms with Crippen LogP contribution in [0.25, 0.3) is 0 Å². The van der Waals surface area contributed by atoms with E-state index in [9.17, 15) is 4.79 Å². The number of hydrogen-bond donors (Lipinski definition) is 0. The first-order valence-corrected chi connectivity index (χ1v) is 7.13. The molecule has 0 aliphatic heterocycles. The molecule has 0 atom stereocenters. The van der Waals surface area contributed by atoms with Gasteiger partial charge in [0.05, 0.1) is 0 Å². The van der Waals surface area contributed by atoms with Crippen molar-refractivity contribution in [2.24, 2.45) is 0 Å². The topological polar surface area (TPSA) is 17.1 Å². The fourth-order valence-electron chi connectivity index (χ4n) is 2.29. The summed E-state index contributed by atoms with van der Waals surface area (Å²) < 4.78 is 0. The van der Waals surface area contributed by atoms with Crippen molar-refractivity contribution in [2.75, 3.05) is 0 Å². The SMILES string of the molecule is CC(C)(C)c1ccccc1C(=O)Cc1ccccc1Cl. The summed E-state index contributed by atoms with van der Waals surface area (Å²) in [6, 6.07) is 15.3. The average Bonchev–Trinajstić information content (AvgIpc) is 2.40. The lowest BCUT2D eigenvalue weighted by molar-refractivity contribution is 0.0991. The van der Waals surface area contributed by atoms with Gasteiger partial charge in [0, 0.05) is 17.0 Å². The molecular weight excluding hydrogens is 268 g/mol. The summed E-state index contributed by atoms with van der Waals surface area (Å²) in [4.78, 5) is 12.6. The lowest BCUT2D eigenvalue weighted by atomic mass is 9.82. The molecule has 0 N–H and O–H groups in total. The molecule has 0 fully saturated rings. The van der Waals surface area contributed by atoms with E-state index in [-0.39, 0.29) is 11.2 Å². The quantitative estimate of drug-likeness (QED) is 0.721. The number of ketones is 1. The van der Waals surface area contributed by atoms with Gasteiger partial charge in [0.15, 0.2) is 5.78 Å². The van der Waals surface area contributed by atoms with Gasteiger partial charge < -0.3 is 0 Å². The molecule has 0 bridgehead atoms. The van der Waals surface area contributed by atoms with Gasteiger partial charge in [0.25, 0.3) is 0 Å². The standard InChI is InChI=1S/C18H19ClO/c1-18(2,3)15-10-6-5-9-14(15)17(20)12-13-8-4-7-11-16(13)19/h4-11H,12H2,1-3H3. The van der Waals surface area contributed by atoms with Gasteiger partial charge in [-0.3, -0.25) is 4.79 Å². The largest absolute Gasteiger partial charge is 0.294 e. The summed E-state index contributed by atoms with van der Waals surface area (Å²) in [5.41, 5.74) is 2.70. The van der Waals surface area contributed by atoms with E-state index in [1.807, 2.05) is 48.5 Å². The van der Waals surface area contributed by atoms with Crippen molar-refractivity contribution >= 4 is 17.4 Å². The molecule has 0 heterocycles. The van der Waals surface area contributed by atoms with Crippen LogP contribution in [0.3, 0.4) is 0 Å². The van der Waals surface area contributed by atoms with E-state index in [0.717, 1.165) is 16.7 Å². The highest BCUT2D eigenvalue weighted by molar-refractivity contribution is 6.31. The summed E-state index contributed by atoms with van der Waals surface area (Å²) in [5.74, 6) is 0.114. The molecule has 0 unspecified atom stereocenters. The van der Waals surface area contributed by atoms with Gasteiger partial charge in [-0.2, -0.15) is 0 Å². The normalized spacial score (nSPS) is 11.4. The van der Waals surface area contributed by atoms with E-state index in [0.29, 0.717) is 11.4 Å². The van der Waals surface area contributed by atoms with Crippen molar-refractivity contribution in [3.8, 4) is 0 Å². The van der Waals surface area contributed by atoms with E-state index in [1.165, 1.54) is 0 Å². The third kappa shape index (κ3) is 3.29. The van der Waals surface area contributed by atoms with E-state index in [2.05, 4.69) is 20.8 Å². The number of Topliss-reactive ketones (excluding diaryl/α,β-unsaturated/α-hetero) is 1. The number of rotatable bonds is 3. The monoisotopic (exact) mass is 286 g/mol. The van der Waals surface area contributed by atoms with E-state index >= 15 is 0 Å². The fraction of sp³-hybridized carbons (Fsp3) is 0.278. The van der Waals surface area contributed by atoms with Gasteiger partial charge >= 0.3 is 0 Å². The predicted molar refractivity (Wildman–Crippen MR) is 84.6 cm³/mol. The second-order valence-electron chi connectivity index (χ2n) is 5.99. The molecule has 0 aliphatic rings. The molecule has 1 nitrogen and oxygen atoms in total. The van der Waals surface area contributed by atoms with Gasteiger partial charge in [-0.1, -0.05) is 74.8 Å². The molecule has 2 rings (SSSR count). The van der Waals surface area contributed by atoms with Crippen molar-refractivity contribution in [1.82, 2.24) is 0 Å². The minimum Gasteiger partial charge on any atom is -0.294 e. The zero-order valence-corrected chi connectivity index (χ0v) is 12.9. The minimum atomic E-state index is -0.0489. The Bertz CT molecular complexity index is 623. The van der Waals surface area contributed by atoms with Crippen molar-refractivity contribution in [3.63, 3.8) is 0 Å². The van der Waals surface area contributed by atoms with Crippen LogP contribution in [0.1, 0.15) is 42.3 Å². The highest BCUT2D eigenvalue weighted by Gasteiger charge is 2.21. The third-order valence-corrected chi connectivity index (χ3v) is 3.71. The molecule has 104 valence electrons. The molecular formula is C18H19ClO. The first-order chi connectivity index (χ1) is 9.39. The molecule has 0 amide bonds. The average molecular weight is 287 g/mol. The van der Waals surface area contributed by atoms with Crippen LogP contribution in [0, 0.1) is 0 Å². The van der Waals surface area contributed by atoms with Gasteiger partial charge in [0.1, 0.15) is 0 Å². The zero-order valence-electron chi connectivity index (χ0n) is 12.1. The zero-order chi connectivity index (χ0) is 14.8. The van der Waals surface area contributed by atoms with Crippen LogP contribution >= 0.6 is 11.6 Å². The molecule has 0 saturated heterocycles. The maximum Gasteiger partial charge on any atom is 0.167 e. The Morgan fingerprint density at radius 1 is 1.00 bits per heavy atom. The molecule has 0 aromatic heterocycles. The molecule has 0 radical (unpaired) electrons. The summed E-state index contributed by atoms with van der Waals surface area (Å²) in [7, 11) is 0. The number of carbonyl (C=O) groups is 1. The highest BCUT2D eigenvalue weighted by Crippen LogP contribution is 2.27.